The highest BCUT2D eigenvalue weighted by Gasteiger charge is 2.28. The van der Waals surface area contributed by atoms with Crippen molar-refractivity contribution < 1.29 is 9.53 Å². The first-order valence-electron chi connectivity index (χ1n) is 7.77. The summed E-state index contributed by atoms with van der Waals surface area (Å²) in [6.45, 7) is 6.61. The molecule has 0 fully saturated rings. The first-order chi connectivity index (χ1) is 11.4. The Hall–Kier alpha value is -2.88. The molecule has 1 amide bonds. The number of nitrogens with zero attached hydrogens (tertiary/aromatic N) is 5. The van der Waals surface area contributed by atoms with Gasteiger partial charge in [0.15, 0.2) is 5.82 Å². The Morgan fingerprint density at radius 1 is 1.33 bits per heavy atom. The highest BCUT2D eigenvalue weighted by Crippen LogP contribution is 2.22. The summed E-state index contributed by atoms with van der Waals surface area (Å²) in [5.41, 5.74) is 2.02. The lowest BCUT2D eigenvalue weighted by Gasteiger charge is -2.30. The number of aromatic nitrogens is 3. The SMILES string of the molecule is CC(C)(C)OC(=O)N1CCc2c(cnn2-c2ccc(C#N)cn2)C1. The molecule has 24 heavy (non-hydrogen) atoms. The molecular weight excluding hydrogens is 306 g/mol. The molecule has 2 aromatic rings. The van der Waals surface area contributed by atoms with E-state index < -0.39 is 5.60 Å². The van der Waals surface area contributed by atoms with E-state index in [2.05, 4.69) is 10.1 Å². The fourth-order valence-electron chi connectivity index (χ4n) is 2.59. The summed E-state index contributed by atoms with van der Waals surface area (Å²) in [7, 11) is 0. The number of hydrogen-bond acceptors (Lipinski definition) is 5. The first kappa shape index (κ1) is 16.0. The van der Waals surface area contributed by atoms with E-state index in [0.29, 0.717) is 30.9 Å². The molecule has 124 valence electrons. The lowest BCUT2D eigenvalue weighted by Crippen LogP contribution is -2.40. The summed E-state index contributed by atoms with van der Waals surface area (Å²) in [5.74, 6) is 0.668. The summed E-state index contributed by atoms with van der Waals surface area (Å²) in [6.07, 6.45) is 3.65. The first-order valence-corrected chi connectivity index (χ1v) is 7.77. The Morgan fingerprint density at radius 3 is 2.75 bits per heavy atom. The van der Waals surface area contributed by atoms with Gasteiger partial charge in [-0.05, 0) is 32.9 Å². The third-order valence-corrected chi connectivity index (χ3v) is 3.68. The van der Waals surface area contributed by atoms with Crippen LogP contribution < -0.4 is 0 Å². The van der Waals surface area contributed by atoms with Gasteiger partial charge in [0, 0.05) is 24.7 Å². The molecule has 0 saturated carbocycles. The summed E-state index contributed by atoms with van der Waals surface area (Å²) in [4.78, 5) is 18.2. The maximum Gasteiger partial charge on any atom is 0.410 e. The number of fused-ring (bicyclic) bond motifs is 1. The Morgan fingerprint density at radius 2 is 2.12 bits per heavy atom. The molecule has 0 N–H and O–H groups in total. The molecule has 0 atom stereocenters. The maximum absolute atomic E-state index is 12.2. The van der Waals surface area contributed by atoms with E-state index >= 15 is 0 Å². The van der Waals surface area contributed by atoms with E-state index in [1.165, 1.54) is 6.20 Å². The fourth-order valence-corrected chi connectivity index (χ4v) is 2.59. The van der Waals surface area contributed by atoms with Gasteiger partial charge in [0.2, 0.25) is 0 Å². The number of ether oxygens (including phenoxy) is 1. The molecule has 3 heterocycles. The number of carbonyl (C=O) groups is 1. The molecule has 2 aromatic heterocycles. The van der Waals surface area contributed by atoms with Gasteiger partial charge in [-0.3, -0.25) is 0 Å². The average molecular weight is 325 g/mol. The van der Waals surface area contributed by atoms with Crippen molar-refractivity contribution in [2.24, 2.45) is 0 Å². The minimum Gasteiger partial charge on any atom is -0.444 e. The van der Waals surface area contributed by atoms with Crippen LogP contribution in [0.1, 0.15) is 37.6 Å². The fraction of sp³-hybridized carbons (Fsp3) is 0.412. The number of hydrogen-bond donors (Lipinski definition) is 0. The van der Waals surface area contributed by atoms with Gasteiger partial charge in [0.25, 0.3) is 0 Å². The molecule has 0 aromatic carbocycles. The quantitative estimate of drug-likeness (QED) is 0.804. The lowest BCUT2D eigenvalue weighted by molar-refractivity contribution is 0.0223. The van der Waals surface area contributed by atoms with E-state index in [4.69, 9.17) is 10.00 Å². The number of nitriles is 1. The second-order valence-corrected chi connectivity index (χ2v) is 6.70. The minimum atomic E-state index is -0.506. The molecule has 0 saturated heterocycles. The largest absolute Gasteiger partial charge is 0.444 e. The van der Waals surface area contributed by atoms with E-state index in [0.717, 1.165) is 11.3 Å². The number of pyridine rings is 1. The van der Waals surface area contributed by atoms with Gasteiger partial charge < -0.3 is 9.64 Å². The smallest absolute Gasteiger partial charge is 0.410 e. The van der Waals surface area contributed by atoms with Crippen molar-refractivity contribution in [2.75, 3.05) is 6.54 Å². The van der Waals surface area contributed by atoms with E-state index in [1.54, 1.807) is 27.9 Å². The van der Waals surface area contributed by atoms with Crippen molar-refractivity contribution in [3.8, 4) is 11.9 Å². The predicted octanol–water partition coefficient (Wildman–Crippen LogP) is 2.43. The van der Waals surface area contributed by atoms with Crippen LogP contribution in [0.3, 0.4) is 0 Å². The molecule has 1 aliphatic heterocycles. The van der Waals surface area contributed by atoms with Crippen LogP contribution in [0.2, 0.25) is 0 Å². The Kier molecular flexibility index (Phi) is 3.97. The van der Waals surface area contributed by atoms with Gasteiger partial charge in [0.05, 0.1) is 24.0 Å². The predicted molar refractivity (Wildman–Crippen MR) is 86.4 cm³/mol. The molecule has 0 spiro atoms. The van der Waals surface area contributed by atoms with Crippen molar-refractivity contribution in [3.05, 3.63) is 41.3 Å². The van der Waals surface area contributed by atoms with Gasteiger partial charge in [-0.1, -0.05) is 0 Å². The summed E-state index contributed by atoms with van der Waals surface area (Å²) in [5, 5.41) is 13.2. The molecule has 0 radical (unpaired) electrons. The van der Waals surface area contributed by atoms with Crippen molar-refractivity contribution in [1.29, 1.82) is 5.26 Å². The Bertz CT molecular complexity index is 796. The van der Waals surface area contributed by atoms with Crippen LogP contribution in [0.5, 0.6) is 0 Å². The molecule has 3 rings (SSSR count). The van der Waals surface area contributed by atoms with Crippen molar-refractivity contribution >= 4 is 6.09 Å². The number of rotatable bonds is 1. The van der Waals surface area contributed by atoms with Crippen molar-refractivity contribution in [3.63, 3.8) is 0 Å². The normalized spacial score (nSPS) is 14.0. The minimum absolute atomic E-state index is 0.308. The van der Waals surface area contributed by atoms with Crippen LogP contribution in [0.15, 0.2) is 24.5 Å². The van der Waals surface area contributed by atoms with Crippen LogP contribution in [-0.4, -0.2) is 37.9 Å². The number of amides is 1. The third-order valence-electron chi connectivity index (χ3n) is 3.68. The maximum atomic E-state index is 12.2. The van der Waals surface area contributed by atoms with Crippen LogP contribution in [0.25, 0.3) is 5.82 Å². The zero-order valence-corrected chi connectivity index (χ0v) is 14.0. The number of carbonyl (C=O) groups excluding carboxylic acids is 1. The van der Waals surface area contributed by atoms with Crippen molar-refractivity contribution in [1.82, 2.24) is 19.7 Å². The second-order valence-electron chi connectivity index (χ2n) is 6.70. The monoisotopic (exact) mass is 325 g/mol. The van der Waals surface area contributed by atoms with Crippen LogP contribution in [0, 0.1) is 11.3 Å². The zero-order chi connectivity index (χ0) is 17.3. The van der Waals surface area contributed by atoms with E-state index in [9.17, 15) is 4.79 Å². The van der Waals surface area contributed by atoms with Crippen LogP contribution in [-0.2, 0) is 17.7 Å². The van der Waals surface area contributed by atoms with Gasteiger partial charge in [-0.25, -0.2) is 14.5 Å². The van der Waals surface area contributed by atoms with Crippen LogP contribution in [0.4, 0.5) is 4.79 Å². The molecule has 0 unspecified atom stereocenters. The summed E-state index contributed by atoms with van der Waals surface area (Å²) >= 11 is 0. The van der Waals surface area contributed by atoms with Gasteiger partial charge in [-0.15, -0.1) is 0 Å². The molecule has 7 heteroatoms. The van der Waals surface area contributed by atoms with Gasteiger partial charge >= 0.3 is 6.09 Å². The van der Waals surface area contributed by atoms with Gasteiger partial charge in [0.1, 0.15) is 11.7 Å². The van der Waals surface area contributed by atoms with E-state index in [-0.39, 0.29) is 6.09 Å². The highest BCUT2D eigenvalue weighted by molar-refractivity contribution is 5.68. The third kappa shape index (κ3) is 3.23. The lowest BCUT2D eigenvalue weighted by atomic mass is 10.1. The topological polar surface area (TPSA) is 84.0 Å². The molecule has 7 nitrogen and oxygen atoms in total. The Balaban J connectivity index is 1.79. The second kappa shape index (κ2) is 5.96. The average Bonchev–Trinajstić information content (AvgIpc) is 2.96. The van der Waals surface area contributed by atoms with Gasteiger partial charge in [-0.2, -0.15) is 10.4 Å². The molecular formula is C17H19N5O2. The molecule has 1 aliphatic rings. The standard InChI is InChI=1S/C17H19N5O2/c1-17(2,3)24-16(23)21-7-6-14-13(11-21)10-20-22(14)15-5-4-12(8-18)9-19-15/h4-5,9-10H,6-7,11H2,1-3H3. The van der Waals surface area contributed by atoms with Crippen molar-refractivity contribution in [2.45, 2.75) is 39.3 Å². The van der Waals surface area contributed by atoms with Crippen LogP contribution >= 0.6 is 0 Å². The van der Waals surface area contributed by atoms with E-state index in [1.807, 2.05) is 26.8 Å². The summed E-state index contributed by atoms with van der Waals surface area (Å²) < 4.78 is 7.19. The molecule has 0 bridgehead atoms. The zero-order valence-electron chi connectivity index (χ0n) is 14.0. The molecule has 0 aliphatic carbocycles. The Labute approximate surface area is 140 Å². The summed E-state index contributed by atoms with van der Waals surface area (Å²) in [6, 6.07) is 5.53. The highest BCUT2D eigenvalue weighted by atomic mass is 16.6.